The van der Waals surface area contributed by atoms with Gasteiger partial charge in [0.25, 0.3) is 0 Å². The van der Waals surface area contributed by atoms with Crippen LogP contribution in [0.25, 0.3) is 16.6 Å². The number of hydrogen-bond donors (Lipinski definition) is 2. The summed E-state index contributed by atoms with van der Waals surface area (Å²) in [5.41, 5.74) is -1.19. The van der Waals surface area contributed by atoms with E-state index in [2.05, 4.69) is 20.2 Å². The van der Waals surface area contributed by atoms with E-state index in [0.717, 1.165) is 6.07 Å². The molecule has 10 heteroatoms. The summed E-state index contributed by atoms with van der Waals surface area (Å²) >= 11 is 0. The first-order valence-electron chi connectivity index (χ1n) is 10.1. The van der Waals surface area contributed by atoms with Gasteiger partial charge in [0.2, 0.25) is 0 Å². The average molecular weight is 438 g/mol. The maximum absolute atomic E-state index is 15.3. The number of hydrazone groups is 1. The summed E-state index contributed by atoms with van der Waals surface area (Å²) in [5.74, 6) is -1.93. The number of β-amino-alcohol motifs (C(OH)–C–C–N with tert-alkyl or cyclic N) is 1. The van der Waals surface area contributed by atoms with Crippen LogP contribution in [0.1, 0.15) is 29.8 Å². The number of aliphatic hydroxyl groups is 2. The maximum Gasteiger partial charge on any atom is 0.153 e. The van der Waals surface area contributed by atoms with Crippen molar-refractivity contribution < 1.29 is 19.0 Å². The predicted octanol–water partition coefficient (Wildman–Crippen LogP) is 2.19. The lowest BCUT2D eigenvalue weighted by molar-refractivity contribution is 0.0870. The fraction of sp³-hybridized carbons (Fsp3) is 0.273. The van der Waals surface area contributed by atoms with E-state index in [1.165, 1.54) is 29.9 Å². The minimum atomic E-state index is -2.06. The standard InChI is InChI=1S/C22H20F2N6O2/c1-22(32,20-15(23)9-17-14(21(20)24)3-2-6-25-17)18-11-26-19-5-4-16(28-30(18)19)13-10-27-29(12-13)7-8-31/h2-6,9-11,13,31-32H,7-8,12H2,1H3. The van der Waals surface area contributed by atoms with Crippen LogP contribution in [-0.4, -0.2) is 60.7 Å². The minimum absolute atomic E-state index is 0.0105. The molecule has 2 atom stereocenters. The van der Waals surface area contributed by atoms with Crippen LogP contribution in [-0.2, 0) is 5.60 Å². The fourth-order valence-corrected chi connectivity index (χ4v) is 4.07. The van der Waals surface area contributed by atoms with Gasteiger partial charge in [-0.05, 0) is 31.2 Å². The number of aliphatic hydroxyl groups excluding tert-OH is 1. The van der Waals surface area contributed by atoms with Crippen molar-refractivity contribution in [3.05, 3.63) is 71.3 Å². The molecule has 0 amide bonds. The summed E-state index contributed by atoms with van der Waals surface area (Å²) in [7, 11) is 0. The topological polar surface area (TPSA) is 99.1 Å². The van der Waals surface area contributed by atoms with Crippen LogP contribution in [0.4, 0.5) is 8.78 Å². The molecule has 0 saturated carbocycles. The monoisotopic (exact) mass is 438 g/mol. The lowest BCUT2D eigenvalue weighted by atomic mass is 9.90. The molecule has 1 aliphatic rings. The second-order valence-electron chi connectivity index (χ2n) is 7.87. The molecule has 32 heavy (non-hydrogen) atoms. The second-order valence-corrected chi connectivity index (χ2v) is 7.87. The SMILES string of the molecule is CC(O)(c1c(F)cc2ncccc2c1F)c1cnc2ccc(C3C=NN(CCO)C3)nn12. The Morgan fingerprint density at radius 1 is 1.22 bits per heavy atom. The smallest absolute Gasteiger partial charge is 0.153 e. The largest absolute Gasteiger partial charge is 0.394 e. The molecule has 0 fully saturated rings. The number of hydrogen-bond acceptors (Lipinski definition) is 7. The van der Waals surface area contributed by atoms with Crippen LogP contribution >= 0.6 is 0 Å². The zero-order valence-corrected chi connectivity index (χ0v) is 17.2. The van der Waals surface area contributed by atoms with Gasteiger partial charge in [-0.15, -0.1) is 0 Å². The summed E-state index contributed by atoms with van der Waals surface area (Å²) in [5, 5.41) is 31.1. The first kappa shape index (κ1) is 20.4. The normalized spacial score (nSPS) is 18.0. The van der Waals surface area contributed by atoms with Crippen LogP contribution < -0.4 is 0 Å². The number of benzene rings is 1. The highest BCUT2D eigenvalue weighted by Gasteiger charge is 2.37. The predicted molar refractivity (Wildman–Crippen MR) is 113 cm³/mol. The van der Waals surface area contributed by atoms with E-state index in [0.29, 0.717) is 24.4 Å². The van der Waals surface area contributed by atoms with Crippen molar-refractivity contribution in [3.63, 3.8) is 0 Å². The molecule has 164 valence electrons. The number of aromatic nitrogens is 4. The second kappa shape index (κ2) is 7.57. The van der Waals surface area contributed by atoms with E-state index < -0.39 is 22.8 Å². The molecule has 4 heterocycles. The van der Waals surface area contributed by atoms with E-state index in [1.54, 1.807) is 29.4 Å². The molecule has 1 aliphatic heterocycles. The molecule has 2 unspecified atom stereocenters. The molecule has 0 bridgehead atoms. The quantitative estimate of drug-likeness (QED) is 0.496. The number of nitrogens with zero attached hydrogens (tertiary/aromatic N) is 6. The van der Waals surface area contributed by atoms with Crippen molar-refractivity contribution in [3.8, 4) is 0 Å². The molecule has 0 spiro atoms. The van der Waals surface area contributed by atoms with Gasteiger partial charge in [-0.1, -0.05) is 0 Å². The Hall–Kier alpha value is -3.50. The van der Waals surface area contributed by atoms with Crippen LogP contribution in [0.5, 0.6) is 0 Å². The Balaban J connectivity index is 1.60. The zero-order chi connectivity index (χ0) is 22.5. The van der Waals surface area contributed by atoms with Crippen molar-refractivity contribution in [2.45, 2.75) is 18.4 Å². The molecule has 0 aliphatic carbocycles. The Morgan fingerprint density at radius 2 is 2.06 bits per heavy atom. The Kier molecular flexibility index (Phi) is 4.83. The van der Waals surface area contributed by atoms with Gasteiger partial charge >= 0.3 is 0 Å². The van der Waals surface area contributed by atoms with Crippen LogP contribution in [0, 0.1) is 11.6 Å². The molecule has 4 aromatic rings. The van der Waals surface area contributed by atoms with E-state index in [4.69, 9.17) is 5.11 Å². The number of fused-ring (bicyclic) bond motifs is 2. The van der Waals surface area contributed by atoms with Crippen LogP contribution in [0.2, 0.25) is 0 Å². The molecule has 0 radical (unpaired) electrons. The summed E-state index contributed by atoms with van der Waals surface area (Å²) in [4.78, 5) is 8.24. The highest BCUT2D eigenvalue weighted by Crippen LogP contribution is 2.36. The van der Waals surface area contributed by atoms with E-state index >= 15 is 4.39 Å². The zero-order valence-electron chi connectivity index (χ0n) is 17.2. The molecule has 0 saturated heterocycles. The van der Waals surface area contributed by atoms with Crippen LogP contribution in [0.3, 0.4) is 0 Å². The summed E-state index contributed by atoms with van der Waals surface area (Å²) in [6.45, 7) is 2.26. The van der Waals surface area contributed by atoms with Gasteiger partial charge in [-0.2, -0.15) is 10.2 Å². The molecule has 2 N–H and O–H groups in total. The molecule has 8 nitrogen and oxygen atoms in total. The summed E-state index contributed by atoms with van der Waals surface area (Å²) in [6.07, 6.45) is 4.54. The number of rotatable bonds is 5. The fourth-order valence-electron chi connectivity index (χ4n) is 4.07. The molecular weight excluding hydrogens is 418 g/mol. The summed E-state index contributed by atoms with van der Waals surface area (Å²) < 4.78 is 31.7. The number of pyridine rings is 1. The van der Waals surface area contributed by atoms with Crippen molar-refractivity contribution >= 4 is 22.8 Å². The maximum atomic E-state index is 15.3. The number of halogens is 2. The van der Waals surface area contributed by atoms with Gasteiger partial charge in [-0.25, -0.2) is 18.3 Å². The van der Waals surface area contributed by atoms with E-state index in [1.807, 2.05) is 0 Å². The first-order valence-corrected chi connectivity index (χ1v) is 10.1. The van der Waals surface area contributed by atoms with E-state index in [-0.39, 0.29) is 29.1 Å². The third-order valence-electron chi connectivity index (χ3n) is 5.72. The molecule has 1 aromatic carbocycles. The molecular formula is C22H20F2N6O2. The highest BCUT2D eigenvalue weighted by atomic mass is 19.1. The minimum Gasteiger partial charge on any atom is -0.394 e. The Labute approximate surface area is 181 Å². The lowest BCUT2D eigenvalue weighted by Crippen LogP contribution is -2.29. The van der Waals surface area contributed by atoms with Gasteiger partial charge < -0.3 is 10.2 Å². The van der Waals surface area contributed by atoms with Gasteiger partial charge in [0.1, 0.15) is 17.2 Å². The molecule has 5 rings (SSSR count). The first-order chi connectivity index (χ1) is 15.4. The van der Waals surface area contributed by atoms with Crippen molar-refractivity contribution in [2.24, 2.45) is 5.10 Å². The molecule has 3 aromatic heterocycles. The third-order valence-corrected chi connectivity index (χ3v) is 5.72. The highest BCUT2D eigenvalue weighted by molar-refractivity contribution is 5.80. The van der Waals surface area contributed by atoms with Crippen molar-refractivity contribution in [2.75, 3.05) is 19.7 Å². The van der Waals surface area contributed by atoms with Gasteiger partial charge in [0, 0.05) is 30.4 Å². The van der Waals surface area contributed by atoms with Gasteiger partial charge in [-0.3, -0.25) is 9.99 Å². The summed E-state index contributed by atoms with van der Waals surface area (Å²) in [6, 6.07) is 7.66. The Bertz CT molecular complexity index is 1350. The van der Waals surface area contributed by atoms with Gasteiger partial charge in [0.05, 0.1) is 47.7 Å². The van der Waals surface area contributed by atoms with Crippen molar-refractivity contribution in [1.82, 2.24) is 24.6 Å². The third kappa shape index (κ3) is 3.19. The Morgan fingerprint density at radius 3 is 2.88 bits per heavy atom. The number of imidazole rings is 1. The van der Waals surface area contributed by atoms with Crippen LogP contribution in [0.15, 0.2) is 47.8 Å². The van der Waals surface area contributed by atoms with E-state index in [9.17, 15) is 9.50 Å². The van der Waals surface area contributed by atoms with Gasteiger partial charge in [0.15, 0.2) is 5.65 Å². The van der Waals surface area contributed by atoms with Crippen molar-refractivity contribution in [1.29, 1.82) is 0 Å². The lowest BCUT2D eigenvalue weighted by Gasteiger charge is -2.25. The average Bonchev–Trinajstić information content (AvgIpc) is 3.40.